The van der Waals surface area contributed by atoms with Crippen molar-refractivity contribution in [3.8, 4) is 0 Å². The number of aliphatic hydroxyl groups is 1. The van der Waals surface area contributed by atoms with E-state index in [2.05, 4.69) is 15.9 Å². The quantitative estimate of drug-likeness (QED) is 0.782. The lowest BCUT2D eigenvalue weighted by Gasteiger charge is -2.07. The number of hydrogen-bond acceptors (Lipinski definition) is 1. The van der Waals surface area contributed by atoms with Gasteiger partial charge >= 0.3 is 0 Å². The zero-order chi connectivity index (χ0) is 8.27. The highest BCUT2D eigenvalue weighted by molar-refractivity contribution is 9.09. The smallest absolute Gasteiger partial charge is 0.0640 e. The number of aliphatic hydroxyl groups excluding tert-OH is 1. The fourth-order valence-corrected chi connectivity index (χ4v) is 1.63. The van der Waals surface area contributed by atoms with Gasteiger partial charge < -0.3 is 5.11 Å². The number of benzene rings is 1. The lowest BCUT2D eigenvalue weighted by Crippen LogP contribution is -1.95. The Hall–Kier alpha value is -0.0500. The molecule has 0 bridgehead atoms. The lowest BCUT2D eigenvalue weighted by atomic mass is 10.2. The minimum atomic E-state index is -0.0591. The van der Waals surface area contributed by atoms with Crippen molar-refractivity contribution in [2.24, 2.45) is 0 Å². The van der Waals surface area contributed by atoms with E-state index in [1.165, 1.54) is 0 Å². The predicted octanol–water partition coefficient (Wildman–Crippen LogP) is 2.77. The second kappa shape index (κ2) is 4.10. The minimum absolute atomic E-state index is 0.0591. The maximum atomic E-state index is 8.81. The summed E-state index contributed by atoms with van der Waals surface area (Å²) in [5.41, 5.74) is 0.927. The molecule has 0 saturated heterocycles. The third kappa shape index (κ3) is 2.19. The topological polar surface area (TPSA) is 20.2 Å². The van der Waals surface area contributed by atoms with E-state index in [-0.39, 0.29) is 11.4 Å². The highest BCUT2D eigenvalue weighted by Gasteiger charge is 2.07. The molecule has 0 heterocycles. The Morgan fingerprint density at radius 3 is 2.64 bits per heavy atom. The Balaban J connectivity index is 2.93. The second-order valence-corrected chi connectivity index (χ2v) is 3.68. The van der Waals surface area contributed by atoms with Crippen LogP contribution in [0.15, 0.2) is 24.3 Å². The van der Waals surface area contributed by atoms with Crippen LogP contribution in [0.1, 0.15) is 10.4 Å². The SMILES string of the molecule is OC[C@H](Br)c1ccccc1Cl. The average Bonchev–Trinajstić information content (AvgIpc) is 2.04. The van der Waals surface area contributed by atoms with E-state index in [0.717, 1.165) is 5.56 Å². The van der Waals surface area contributed by atoms with E-state index in [4.69, 9.17) is 16.7 Å². The van der Waals surface area contributed by atoms with Gasteiger partial charge in [-0.15, -0.1) is 0 Å². The molecular formula is C8H8BrClO. The monoisotopic (exact) mass is 234 g/mol. The fourth-order valence-electron chi connectivity index (χ4n) is 0.827. The molecule has 1 rings (SSSR count). The zero-order valence-corrected chi connectivity index (χ0v) is 8.14. The summed E-state index contributed by atoms with van der Waals surface area (Å²) >= 11 is 9.16. The molecule has 1 aromatic carbocycles. The van der Waals surface area contributed by atoms with Crippen LogP contribution in [0, 0.1) is 0 Å². The van der Waals surface area contributed by atoms with Crippen molar-refractivity contribution < 1.29 is 5.11 Å². The second-order valence-electron chi connectivity index (χ2n) is 2.17. The summed E-state index contributed by atoms with van der Waals surface area (Å²) in [6.45, 7) is 0.0593. The van der Waals surface area contributed by atoms with E-state index < -0.39 is 0 Å². The first-order valence-electron chi connectivity index (χ1n) is 3.25. The zero-order valence-electron chi connectivity index (χ0n) is 5.80. The molecule has 0 saturated carbocycles. The Bertz CT molecular complexity index is 239. The average molecular weight is 236 g/mol. The molecule has 0 aromatic heterocycles. The third-order valence-electron chi connectivity index (χ3n) is 1.40. The normalized spacial score (nSPS) is 13.0. The molecule has 3 heteroatoms. The van der Waals surface area contributed by atoms with Gasteiger partial charge in [0.25, 0.3) is 0 Å². The van der Waals surface area contributed by atoms with E-state index in [9.17, 15) is 0 Å². The number of halogens is 2. The summed E-state index contributed by atoms with van der Waals surface area (Å²) in [6, 6.07) is 7.45. The van der Waals surface area contributed by atoms with Crippen LogP contribution in [0.5, 0.6) is 0 Å². The first-order chi connectivity index (χ1) is 5.25. The maximum absolute atomic E-state index is 8.81. The Morgan fingerprint density at radius 1 is 1.45 bits per heavy atom. The van der Waals surface area contributed by atoms with Crippen molar-refractivity contribution in [3.63, 3.8) is 0 Å². The Labute approximate surface area is 79.1 Å². The molecule has 0 aliphatic heterocycles. The van der Waals surface area contributed by atoms with Gasteiger partial charge in [-0.1, -0.05) is 45.7 Å². The van der Waals surface area contributed by atoms with Crippen LogP contribution in [0.3, 0.4) is 0 Å². The van der Waals surface area contributed by atoms with E-state index in [1.807, 2.05) is 18.2 Å². The standard InChI is InChI=1S/C8H8BrClO/c9-7(5-11)6-3-1-2-4-8(6)10/h1-4,7,11H,5H2/t7-/m0/s1. The number of rotatable bonds is 2. The van der Waals surface area contributed by atoms with Gasteiger partial charge in [-0.2, -0.15) is 0 Å². The summed E-state index contributed by atoms with van der Waals surface area (Å²) < 4.78 is 0. The van der Waals surface area contributed by atoms with Crippen LogP contribution >= 0.6 is 27.5 Å². The van der Waals surface area contributed by atoms with E-state index in [1.54, 1.807) is 6.07 Å². The van der Waals surface area contributed by atoms with Gasteiger partial charge in [-0.3, -0.25) is 0 Å². The molecule has 1 aromatic rings. The summed E-state index contributed by atoms with van der Waals surface area (Å²) in [7, 11) is 0. The molecule has 60 valence electrons. The van der Waals surface area contributed by atoms with E-state index in [0.29, 0.717) is 5.02 Å². The third-order valence-corrected chi connectivity index (χ3v) is 2.53. The van der Waals surface area contributed by atoms with Gasteiger partial charge in [0, 0.05) is 5.02 Å². The largest absolute Gasteiger partial charge is 0.395 e. The first-order valence-corrected chi connectivity index (χ1v) is 4.54. The molecule has 0 aliphatic carbocycles. The maximum Gasteiger partial charge on any atom is 0.0640 e. The van der Waals surface area contributed by atoms with Crippen molar-refractivity contribution in [2.45, 2.75) is 4.83 Å². The molecule has 1 N–H and O–H groups in total. The molecule has 0 radical (unpaired) electrons. The van der Waals surface area contributed by atoms with Gasteiger partial charge in [0.05, 0.1) is 11.4 Å². The molecule has 0 amide bonds. The van der Waals surface area contributed by atoms with Gasteiger partial charge in [0.2, 0.25) is 0 Å². The van der Waals surface area contributed by atoms with Crippen LogP contribution in [0.25, 0.3) is 0 Å². The molecule has 0 fully saturated rings. The summed E-state index contributed by atoms with van der Waals surface area (Å²) in [5.74, 6) is 0. The molecule has 1 atom stereocenters. The summed E-state index contributed by atoms with van der Waals surface area (Å²) in [5, 5.41) is 9.49. The van der Waals surface area contributed by atoms with Gasteiger partial charge in [0.1, 0.15) is 0 Å². The van der Waals surface area contributed by atoms with E-state index >= 15 is 0 Å². The summed E-state index contributed by atoms with van der Waals surface area (Å²) in [6.07, 6.45) is 0. The van der Waals surface area contributed by atoms with Crippen molar-refractivity contribution in [1.29, 1.82) is 0 Å². The molecule has 0 aliphatic rings. The van der Waals surface area contributed by atoms with Crippen LogP contribution in [-0.4, -0.2) is 11.7 Å². The Morgan fingerprint density at radius 2 is 2.09 bits per heavy atom. The molecule has 0 spiro atoms. The predicted molar refractivity (Wildman–Crippen MR) is 50.2 cm³/mol. The minimum Gasteiger partial charge on any atom is -0.395 e. The van der Waals surface area contributed by atoms with Crippen molar-refractivity contribution in [3.05, 3.63) is 34.9 Å². The van der Waals surface area contributed by atoms with Crippen molar-refractivity contribution in [2.75, 3.05) is 6.61 Å². The highest BCUT2D eigenvalue weighted by atomic mass is 79.9. The summed E-state index contributed by atoms with van der Waals surface area (Å²) in [4.78, 5) is -0.0591. The molecule has 0 unspecified atom stereocenters. The highest BCUT2D eigenvalue weighted by Crippen LogP contribution is 2.28. The van der Waals surface area contributed by atoms with Crippen LogP contribution in [0.4, 0.5) is 0 Å². The first kappa shape index (κ1) is 9.04. The fraction of sp³-hybridized carbons (Fsp3) is 0.250. The number of hydrogen-bond donors (Lipinski definition) is 1. The van der Waals surface area contributed by atoms with Crippen LogP contribution in [0.2, 0.25) is 5.02 Å². The van der Waals surface area contributed by atoms with Crippen LogP contribution in [-0.2, 0) is 0 Å². The molecule has 1 nitrogen and oxygen atoms in total. The van der Waals surface area contributed by atoms with Gasteiger partial charge in [-0.25, -0.2) is 0 Å². The van der Waals surface area contributed by atoms with Crippen molar-refractivity contribution in [1.82, 2.24) is 0 Å². The van der Waals surface area contributed by atoms with Crippen molar-refractivity contribution >= 4 is 27.5 Å². The Kier molecular flexibility index (Phi) is 3.37. The van der Waals surface area contributed by atoms with Gasteiger partial charge in [-0.05, 0) is 11.6 Å². The van der Waals surface area contributed by atoms with Crippen LogP contribution < -0.4 is 0 Å². The molecule has 11 heavy (non-hydrogen) atoms. The molecular weight excluding hydrogens is 227 g/mol. The number of alkyl halides is 1. The lowest BCUT2D eigenvalue weighted by molar-refractivity contribution is 0.298. The van der Waals surface area contributed by atoms with Gasteiger partial charge in [0.15, 0.2) is 0 Å².